The van der Waals surface area contributed by atoms with Gasteiger partial charge in [-0.05, 0) is 69.5 Å². The molecule has 0 radical (unpaired) electrons. The molecule has 64 heavy (non-hydrogen) atoms. The van der Waals surface area contributed by atoms with Crippen LogP contribution >= 0.6 is 34.5 Å². The number of H-pyrrole nitrogens is 2. The molecule has 0 saturated carbocycles. The number of hydrogen-bond donors (Lipinski definition) is 5. The van der Waals surface area contributed by atoms with E-state index in [-0.39, 0.29) is 42.8 Å². The van der Waals surface area contributed by atoms with Gasteiger partial charge in [-0.3, -0.25) is 30.5 Å². The molecule has 20 heteroatoms. The Morgan fingerprint density at radius 1 is 1.02 bits per heavy atom. The number of aliphatic imine (C=N–C) groups is 1. The molecule has 3 unspecified atom stereocenters. The van der Waals surface area contributed by atoms with Crippen molar-refractivity contribution in [2.24, 2.45) is 4.99 Å². The van der Waals surface area contributed by atoms with Crippen molar-refractivity contribution in [3.05, 3.63) is 84.6 Å². The first kappa shape index (κ1) is 46.8. The number of halogens is 2. The smallest absolute Gasteiger partial charge is 0.325 e. The van der Waals surface area contributed by atoms with Crippen molar-refractivity contribution < 1.29 is 28.5 Å². The summed E-state index contributed by atoms with van der Waals surface area (Å²) in [5, 5.41) is 22.1. The molecule has 2 fully saturated rings. The number of ether oxygens (including phenoxy) is 5. The second-order valence-electron chi connectivity index (χ2n) is 15.4. The lowest BCUT2D eigenvalue weighted by atomic mass is 9.99. The molecule has 3 aliphatic heterocycles. The summed E-state index contributed by atoms with van der Waals surface area (Å²) in [4.78, 5) is 48.8. The zero-order valence-electron chi connectivity index (χ0n) is 36.3. The Morgan fingerprint density at radius 3 is 2.41 bits per heavy atom. The predicted molar refractivity (Wildman–Crippen MR) is 251 cm³/mol. The first-order valence-corrected chi connectivity index (χ1v) is 22.5. The number of pyridine rings is 2. The largest absolute Gasteiger partial charge is 0.480 e. The van der Waals surface area contributed by atoms with E-state index in [9.17, 15) is 9.59 Å². The molecule has 3 aliphatic rings. The zero-order valence-corrected chi connectivity index (χ0v) is 38.6. The quantitative estimate of drug-likeness (QED) is 0.0431. The standard InChI is InChI=1S/C38H42Cl2N10O5S.C6H10O2/c1-20-21(2)56-37-31(20)32(23-6-8-24(39)9-7-23)44-27(34(42)50(37)22(3)41)19-30(51)43-12-14-54-16-17-55-15-13-49(4)29-11-10-25(36(46-29)53-5)33-26(40)18-28-35(47-33)48-38(52)45-28;1-3-7-6-2-4-8-5(1)6/h6-11,18,27,41-42H,12-17,19H2,1-5H3,(H,43,51)(H2,45,47,48,52);5-6H,1-4H2. The Balaban J connectivity index is 0.000000681. The molecule has 5 N–H and O–H groups in total. The number of carbonyl (C=O) groups excluding carboxylic acids is 1. The monoisotopic (exact) mass is 934 g/mol. The molecule has 3 atom stereocenters. The number of amides is 1. The molecule has 17 nitrogen and oxygen atoms in total. The average Bonchev–Trinajstić information content (AvgIpc) is 4.05. The molecule has 0 spiro atoms. The third-order valence-corrected chi connectivity index (χ3v) is 12.7. The van der Waals surface area contributed by atoms with Gasteiger partial charge in [-0.2, -0.15) is 4.98 Å². The van der Waals surface area contributed by atoms with Crippen molar-refractivity contribution in [2.45, 2.75) is 58.3 Å². The Labute approximate surface area is 384 Å². The summed E-state index contributed by atoms with van der Waals surface area (Å²) in [5.74, 6) is 0.947. The van der Waals surface area contributed by atoms with Gasteiger partial charge in [-0.1, -0.05) is 35.3 Å². The molecule has 1 amide bonds. The normalized spacial score (nSPS) is 17.9. The van der Waals surface area contributed by atoms with Gasteiger partial charge in [0, 0.05) is 54.4 Å². The number of likely N-dealkylation sites (N-methyl/N-ethyl adjacent to an activating group) is 1. The number of benzene rings is 1. The molecule has 0 bridgehead atoms. The maximum absolute atomic E-state index is 13.1. The highest BCUT2D eigenvalue weighted by Gasteiger charge is 2.35. The van der Waals surface area contributed by atoms with Crippen molar-refractivity contribution in [3.8, 4) is 17.1 Å². The van der Waals surface area contributed by atoms with Crippen LogP contribution < -0.4 is 25.5 Å². The molecule has 5 aromatic rings. The van der Waals surface area contributed by atoms with E-state index in [0.29, 0.717) is 88.4 Å². The molecule has 0 aliphatic carbocycles. The number of rotatable bonds is 15. The van der Waals surface area contributed by atoms with Crippen LogP contribution in [0.3, 0.4) is 0 Å². The number of fused-ring (bicyclic) bond motifs is 3. The minimum atomic E-state index is -0.815. The van der Waals surface area contributed by atoms with Gasteiger partial charge in [-0.25, -0.2) is 9.78 Å². The number of aromatic nitrogens is 4. The van der Waals surface area contributed by atoms with Gasteiger partial charge in [0.1, 0.15) is 28.5 Å². The molecular formula is C44H52Cl2N10O7S. The SMILES string of the molecule is C1CC2OCCC2O1.COc1nc(N(C)CCOCCOCCNC(=O)CC2N=C(c3ccc(Cl)cc3)c3c(sc(C)c3C)N(C(C)=N)C2=N)ccc1-c1nc2[nH]c(=O)[nH]c2cc1Cl. The minimum Gasteiger partial charge on any atom is -0.480 e. The van der Waals surface area contributed by atoms with Crippen molar-refractivity contribution in [2.75, 3.05) is 76.7 Å². The van der Waals surface area contributed by atoms with Crippen LogP contribution in [0.4, 0.5) is 10.8 Å². The number of amidine groups is 2. The number of imidazole rings is 1. The van der Waals surface area contributed by atoms with Crippen LogP contribution in [0.5, 0.6) is 5.88 Å². The van der Waals surface area contributed by atoms with E-state index in [1.807, 2.05) is 50.1 Å². The van der Waals surface area contributed by atoms with Crippen molar-refractivity contribution in [1.29, 1.82) is 10.8 Å². The average molecular weight is 936 g/mol. The number of anilines is 2. The maximum atomic E-state index is 13.1. The fraction of sp³-hybridized carbons (Fsp3) is 0.432. The maximum Gasteiger partial charge on any atom is 0.325 e. The third kappa shape index (κ3) is 10.8. The summed E-state index contributed by atoms with van der Waals surface area (Å²) in [6.07, 6.45) is 3.07. The van der Waals surface area contributed by atoms with E-state index in [4.69, 9.17) is 62.7 Å². The van der Waals surface area contributed by atoms with E-state index >= 15 is 0 Å². The van der Waals surface area contributed by atoms with Gasteiger partial charge in [0.05, 0.1) is 79.7 Å². The van der Waals surface area contributed by atoms with Gasteiger partial charge in [0.25, 0.3) is 0 Å². The highest BCUT2D eigenvalue weighted by atomic mass is 35.5. The molecule has 7 heterocycles. The summed E-state index contributed by atoms with van der Waals surface area (Å²) in [7, 11) is 3.40. The lowest BCUT2D eigenvalue weighted by molar-refractivity contribution is -0.121. The summed E-state index contributed by atoms with van der Waals surface area (Å²) in [6.45, 7) is 9.68. The van der Waals surface area contributed by atoms with E-state index in [0.717, 1.165) is 52.6 Å². The Morgan fingerprint density at radius 2 is 1.72 bits per heavy atom. The number of aryl methyl sites for hydroxylation is 1. The fourth-order valence-corrected chi connectivity index (χ4v) is 9.17. The van der Waals surface area contributed by atoms with Crippen molar-refractivity contribution in [3.63, 3.8) is 0 Å². The van der Waals surface area contributed by atoms with Gasteiger partial charge in [-0.15, -0.1) is 11.3 Å². The molecule has 1 aromatic carbocycles. The van der Waals surface area contributed by atoms with E-state index in [1.165, 1.54) is 18.4 Å². The van der Waals surface area contributed by atoms with E-state index in [1.54, 1.807) is 30.0 Å². The number of thiophene rings is 1. The third-order valence-electron chi connectivity index (χ3n) is 11.0. The Hall–Kier alpha value is -5.21. The van der Waals surface area contributed by atoms with Crippen molar-refractivity contribution >= 4 is 79.8 Å². The van der Waals surface area contributed by atoms with Crippen LogP contribution in [0.15, 0.2) is 52.3 Å². The highest BCUT2D eigenvalue weighted by Crippen LogP contribution is 2.40. The first-order valence-electron chi connectivity index (χ1n) is 20.9. The van der Waals surface area contributed by atoms with Crippen LogP contribution in [-0.2, 0) is 23.7 Å². The van der Waals surface area contributed by atoms with Gasteiger partial charge < -0.3 is 38.9 Å². The summed E-state index contributed by atoms with van der Waals surface area (Å²) in [6, 6.07) is 11.8. The Bertz CT molecular complexity index is 2560. The first-order chi connectivity index (χ1) is 30.8. The van der Waals surface area contributed by atoms with Crippen LogP contribution in [0.25, 0.3) is 22.4 Å². The molecule has 2 saturated heterocycles. The fourth-order valence-electron chi connectivity index (χ4n) is 7.57. The molecular weight excluding hydrogens is 884 g/mol. The number of aromatic amines is 2. The second-order valence-corrected chi connectivity index (χ2v) is 17.4. The number of nitrogens with zero attached hydrogens (tertiary/aromatic N) is 5. The second kappa shape index (κ2) is 21.2. The van der Waals surface area contributed by atoms with E-state index in [2.05, 4.69) is 25.3 Å². The topological polar surface area (TPSA) is 216 Å². The van der Waals surface area contributed by atoms with Crippen LogP contribution in [-0.4, -0.2) is 128 Å². The Kier molecular flexibility index (Phi) is 15.5. The van der Waals surface area contributed by atoms with Crippen molar-refractivity contribution in [1.82, 2.24) is 25.3 Å². The summed E-state index contributed by atoms with van der Waals surface area (Å²) >= 11 is 14.2. The summed E-state index contributed by atoms with van der Waals surface area (Å²) < 4.78 is 27.7. The lowest BCUT2D eigenvalue weighted by Gasteiger charge is -2.24. The number of carbonyl (C=O) groups is 1. The van der Waals surface area contributed by atoms with Crippen LogP contribution in [0.1, 0.15) is 47.8 Å². The lowest BCUT2D eigenvalue weighted by Crippen LogP contribution is -2.42. The number of nitrogens with one attached hydrogen (secondary N) is 5. The van der Waals surface area contributed by atoms with E-state index < -0.39 is 6.04 Å². The number of methoxy groups -OCH3 is 1. The zero-order chi connectivity index (χ0) is 45.5. The van der Waals surface area contributed by atoms with Crippen LogP contribution in [0.2, 0.25) is 10.0 Å². The van der Waals surface area contributed by atoms with Gasteiger partial charge in [0.15, 0.2) is 5.65 Å². The molecule has 4 aromatic heterocycles. The summed E-state index contributed by atoms with van der Waals surface area (Å²) in [5.41, 5.74) is 4.88. The van der Waals surface area contributed by atoms with Gasteiger partial charge in [0.2, 0.25) is 11.8 Å². The molecule has 340 valence electrons. The highest BCUT2D eigenvalue weighted by molar-refractivity contribution is 7.17. The van der Waals surface area contributed by atoms with Gasteiger partial charge >= 0.3 is 5.69 Å². The molecule has 8 rings (SSSR count). The van der Waals surface area contributed by atoms with Crippen LogP contribution in [0, 0.1) is 24.7 Å². The minimum absolute atomic E-state index is 0.0667. The predicted octanol–water partition coefficient (Wildman–Crippen LogP) is 6.55. The number of hydrogen-bond acceptors (Lipinski definition) is 14.